The molecule has 0 fully saturated rings. The Hall–Kier alpha value is 0.510. The normalized spacial score (nSPS) is 10.8. The van der Waals surface area contributed by atoms with Gasteiger partial charge in [0.05, 0.1) is 9.50 Å². The van der Waals surface area contributed by atoms with E-state index < -0.39 is 6.43 Å². The van der Waals surface area contributed by atoms with Gasteiger partial charge in [-0.25, -0.2) is 13.8 Å². The Morgan fingerprint density at radius 3 is 2.58 bits per heavy atom. The molecule has 0 bridgehead atoms. The standard InChI is InChI=1S/C6H2BrClF2IN/c7-4-2(8)1-3(5(9)10)12-6(4)11/h1,5H. The largest absolute Gasteiger partial charge is 0.280 e. The van der Waals surface area contributed by atoms with Crippen molar-refractivity contribution in [2.45, 2.75) is 6.43 Å². The molecule has 0 spiro atoms. The van der Waals surface area contributed by atoms with E-state index >= 15 is 0 Å². The zero-order valence-corrected chi connectivity index (χ0v) is 9.99. The Morgan fingerprint density at radius 1 is 1.58 bits per heavy atom. The Balaban J connectivity index is 3.21. The Morgan fingerprint density at radius 2 is 2.17 bits per heavy atom. The fourth-order valence-corrected chi connectivity index (χ4v) is 1.73. The summed E-state index contributed by atoms with van der Waals surface area (Å²) in [6.45, 7) is 0. The van der Waals surface area contributed by atoms with Gasteiger partial charge in [0.2, 0.25) is 0 Å². The molecule has 1 aromatic heterocycles. The number of hydrogen-bond donors (Lipinski definition) is 0. The van der Waals surface area contributed by atoms with E-state index in [4.69, 9.17) is 11.6 Å². The second-order valence-electron chi connectivity index (χ2n) is 1.93. The summed E-state index contributed by atoms with van der Waals surface area (Å²) in [5.41, 5.74) is -0.299. The highest BCUT2D eigenvalue weighted by Gasteiger charge is 2.13. The molecular formula is C6H2BrClF2IN. The second-order valence-corrected chi connectivity index (χ2v) is 4.16. The SMILES string of the molecule is FC(F)c1cc(Cl)c(Br)c(I)n1. The molecule has 1 rings (SSSR count). The van der Waals surface area contributed by atoms with Crippen LogP contribution in [0.15, 0.2) is 10.5 Å². The van der Waals surface area contributed by atoms with E-state index in [1.165, 1.54) is 0 Å². The lowest BCUT2D eigenvalue weighted by Gasteiger charge is -2.02. The van der Waals surface area contributed by atoms with Crippen LogP contribution in [-0.2, 0) is 0 Å². The molecule has 1 aromatic rings. The number of hydrogen-bond acceptors (Lipinski definition) is 1. The van der Waals surface area contributed by atoms with E-state index in [9.17, 15) is 8.78 Å². The number of halogens is 5. The van der Waals surface area contributed by atoms with E-state index in [-0.39, 0.29) is 10.7 Å². The van der Waals surface area contributed by atoms with Crippen LogP contribution in [0.2, 0.25) is 5.02 Å². The molecule has 0 aromatic carbocycles. The lowest BCUT2D eigenvalue weighted by Crippen LogP contribution is -1.93. The molecule has 66 valence electrons. The number of nitrogens with zero attached hydrogens (tertiary/aromatic N) is 1. The molecule has 0 aliphatic carbocycles. The van der Waals surface area contributed by atoms with Crippen LogP contribution in [0.1, 0.15) is 12.1 Å². The number of pyridine rings is 1. The molecular weight excluding hydrogens is 366 g/mol. The Kier molecular flexibility index (Phi) is 3.66. The van der Waals surface area contributed by atoms with E-state index in [0.29, 0.717) is 8.17 Å². The molecule has 0 aliphatic rings. The van der Waals surface area contributed by atoms with Crippen molar-refractivity contribution >= 4 is 50.1 Å². The molecule has 0 saturated heterocycles. The van der Waals surface area contributed by atoms with Crippen molar-refractivity contribution < 1.29 is 8.78 Å². The van der Waals surface area contributed by atoms with E-state index in [0.717, 1.165) is 6.07 Å². The summed E-state index contributed by atoms with van der Waals surface area (Å²) in [5.74, 6) is 0. The third-order valence-electron chi connectivity index (χ3n) is 1.12. The highest BCUT2D eigenvalue weighted by Crippen LogP contribution is 2.29. The first-order valence-electron chi connectivity index (χ1n) is 2.82. The zero-order valence-electron chi connectivity index (χ0n) is 5.49. The van der Waals surface area contributed by atoms with Gasteiger partial charge in [-0.3, -0.25) is 0 Å². The number of alkyl halides is 2. The van der Waals surface area contributed by atoms with Gasteiger partial charge in [-0.2, -0.15) is 0 Å². The maximum Gasteiger partial charge on any atom is 0.280 e. The first-order chi connectivity index (χ1) is 5.52. The van der Waals surface area contributed by atoms with Crippen molar-refractivity contribution in [2.24, 2.45) is 0 Å². The molecule has 0 unspecified atom stereocenters. The van der Waals surface area contributed by atoms with Crippen LogP contribution in [0, 0.1) is 3.70 Å². The van der Waals surface area contributed by atoms with Gasteiger partial charge in [0.15, 0.2) is 0 Å². The molecule has 0 aliphatic heterocycles. The number of rotatable bonds is 1. The summed E-state index contributed by atoms with van der Waals surface area (Å²) >= 11 is 10.6. The summed E-state index contributed by atoms with van der Waals surface area (Å²) in [7, 11) is 0. The summed E-state index contributed by atoms with van der Waals surface area (Å²) < 4.78 is 25.2. The van der Waals surface area contributed by atoms with E-state index in [2.05, 4.69) is 20.9 Å². The highest BCUT2D eigenvalue weighted by atomic mass is 127. The van der Waals surface area contributed by atoms with Crippen molar-refractivity contribution in [3.63, 3.8) is 0 Å². The second kappa shape index (κ2) is 4.15. The van der Waals surface area contributed by atoms with E-state index in [1.807, 2.05) is 22.6 Å². The molecule has 12 heavy (non-hydrogen) atoms. The number of aromatic nitrogens is 1. The average Bonchev–Trinajstić information content (AvgIpc) is 1.99. The van der Waals surface area contributed by atoms with Crippen molar-refractivity contribution in [3.8, 4) is 0 Å². The molecule has 0 amide bonds. The van der Waals surface area contributed by atoms with Gasteiger partial charge in [0.25, 0.3) is 6.43 Å². The van der Waals surface area contributed by atoms with Crippen LogP contribution in [0.25, 0.3) is 0 Å². The molecule has 0 radical (unpaired) electrons. The van der Waals surface area contributed by atoms with Crippen LogP contribution >= 0.6 is 50.1 Å². The van der Waals surface area contributed by atoms with Gasteiger partial charge in [0, 0.05) is 0 Å². The third kappa shape index (κ3) is 2.26. The van der Waals surface area contributed by atoms with Crippen LogP contribution in [0.3, 0.4) is 0 Å². The monoisotopic (exact) mass is 367 g/mol. The molecule has 0 saturated carbocycles. The summed E-state index contributed by atoms with van der Waals surface area (Å²) in [4.78, 5) is 3.64. The average molecular weight is 368 g/mol. The third-order valence-corrected chi connectivity index (χ3v) is 3.97. The smallest absolute Gasteiger partial charge is 0.240 e. The van der Waals surface area contributed by atoms with Gasteiger partial charge in [-0.1, -0.05) is 11.6 Å². The van der Waals surface area contributed by atoms with Gasteiger partial charge < -0.3 is 0 Å². The molecule has 1 heterocycles. The minimum absolute atomic E-state index is 0.254. The van der Waals surface area contributed by atoms with Crippen molar-refractivity contribution in [1.29, 1.82) is 0 Å². The fourth-order valence-electron chi connectivity index (χ4n) is 0.598. The lowest BCUT2D eigenvalue weighted by atomic mass is 10.4. The van der Waals surface area contributed by atoms with Crippen molar-refractivity contribution in [2.75, 3.05) is 0 Å². The molecule has 1 nitrogen and oxygen atoms in total. The van der Waals surface area contributed by atoms with Crippen LogP contribution in [-0.4, -0.2) is 4.98 Å². The van der Waals surface area contributed by atoms with Gasteiger partial charge in [0.1, 0.15) is 9.39 Å². The van der Waals surface area contributed by atoms with E-state index in [1.54, 1.807) is 0 Å². The van der Waals surface area contributed by atoms with Crippen LogP contribution < -0.4 is 0 Å². The molecule has 0 N–H and O–H groups in total. The first kappa shape index (κ1) is 10.6. The first-order valence-corrected chi connectivity index (χ1v) is 5.07. The zero-order chi connectivity index (χ0) is 9.30. The predicted molar refractivity (Wildman–Crippen MR) is 54.6 cm³/mol. The topological polar surface area (TPSA) is 12.9 Å². The fraction of sp³-hybridized carbons (Fsp3) is 0.167. The predicted octanol–water partition coefficient (Wildman–Crippen LogP) is 4.04. The quantitative estimate of drug-likeness (QED) is 0.539. The Labute approximate surface area is 94.8 Å². The van der Waals surface area contributed by atoms with Crippen molar-refractivity contribution in [3.05, 3.63) is 25.0 Å². The molecule has 6 heteroatoms. The van der Waals surface area contributed by atoms with Gasteiger partial charge >= 0.3 is 0 Å². The summed E-state index contributed by atoms with van der Waals surface area (Å²) in [5, 5.41) is 0.254. The summed E-state index contributed by atoms with van der Waals surface area (Å²) in [6, 6.07) is 1.15. The lowest BCUT2D eigenvalue weighted by molar-refractivity contribution is 0.146. The van der Waals surface area contributed by atoms with Gasteiger partial charge in [-0.05, 0) is 44.6 Å². The maximum atomic E-state index is 12.1. The Bertz CT molecular complexity index is 285. The molecule has 0 atom stereocenters. The van der Waals surface area contributed by atoms with Crippen LogP contribution in [0.5, 0.6) is 0 Å². The minimum Gasteiger partial charge on any atom is -0.240 e. The van der Waals surface area contributed by atoms with Crippen molar-refractivity contribution in [1.82, 2.24) is 4.98 Å². The summed E-state index contributed by atoms with van der Waals surface area (Å²) in [6.07, 6.45) is -2.58. The minimum atomic E-state index is -2.58. The van der Waals surface area contributed by atoms with Crippen LogP contribution in [0.4, 0.5) is 8.78 Å². The highest BCUT2D eigenvalue weighted by molar-refractivity contribution is 14.1. The van der Waals surface area contributed by atoms with Gasteiger partial charge in [-0.15, -0.1) is 0 Å². The maximum absolute atomic E-state index is 12.1.